The van der Waals surface area contributed by atoms with E-state index in [2.05, 4.69) is 0 Å². The molecule has 0 aliphatic carbocycles. The summed E-state index contributed by atoms with van der Waals surface area (Å²) in [7, 11) is 1.59. The van der Waals surface area contributed by atoms with Crippen LogP contribution in [0, 0.1) is 5.82 Å². The van der Waals surface area contributed by atoms with E-state index in [-0.39, 0.29) is 17.8 Å². The molecule has 1 aliphatic rings. The SMILES string of the molecule is COc1cccc(C(=O)N2CCCC2Cc2ccc(F)cc2)c1. The predicted molar refractivity (Wildman–Crippen MR) is 87.2 cm³/mol. The summed E-state index contributed by atoms with van der Waals surface area (Å²) in [5, 5.41) is 0. The first-order valence-electron chi connectivity index (χ1n) is 7.87. The molecule has 3 rings (SSSR count). The third kappa shape index (κ3) is 3.52. The predicted octanol–water partition coefficient (Wildman–Crippen LogP) is 3.68. The van der Waals surface area contributed by atoms with Gasteiger partial charge in [-0.1, -0.05) is 18.2 Å². The van der Waals surface area contributed by atoms with Gasteiger partial charge in [0, 0.05) is 18.2 Å². The molecule has 120 valence electrons. The standard InChI is InChI=1S/C19H20FNO2/c1-23-18-6-2-4-15(13-18)19(22)21-11-3-5-17(21)12-14-7-9-16(20)10-8-14/h2,4,6-10,13,17H,3,5,11-12H2,1H3. The number of rotatable bonds is 4. The van der Waals surface area contributed by atoms with Crippen LogP contribution in [0.25, 0.3) is 0 Å². The van der Waals surface area contributed by atoms with Gasteiger partial charge in [0.15, 0.2) is 0 Å². The first-order valence-corrected chi connectivity index (χ1v) is 7.87. The minimum atomic E-state index is -0.232. The van der Waals surface area contributed by atoms with Gasteiger partial charge in [-0.15, -0.1) is 0 Å². The van der Waals surface area contributed by atoms with Crippen LogP contribution >= 0.6 is 0 Å². The lowest BCUT2D eigenvalue weighted by molar-refractivity contribution is 0.0736. The molecule has 2 aromatic carbocycles. The number of carbonyl (C=O) groups is 1. The maximum atomic E-state index is 13.0. The van der Waals surface area contributed by atoms with Gasteiger partial charge in [-0.3, -0.25) is 4.79 Å². The van der Waals surface area contributed by atoms with Crippen molar-refractivity contribution in [2.24, 2.45) is 0 Å². The Hall–Kier alpha value is -2.36. The van der Waals surface area contributed by atoms with Crippen molar-refractivity contribution in [3.63, 3.8) is 0 Å². The second-order valence-corrected chi connectivity index (χ2v) is 5.86. The van der Waals surface area contributed by atoms with E-state index < -0.39 is 0 Å². The Morgan fingerprint density at radius 3 is 2.78 bits per heavy atom. The van der Waals surface area contributed by atoms with Crippen molar-refractivity contribution in [2.75, 3.05) is 13.7 Å². The number of carbonyl (C=O) groups excluding carboxylic acids is 1. The summed E-state index contributed by atoms with van der Waals surface area (Å²) in [5.74, 6) is 0.489. The lowest BCUT2D eigenvalue weighted by atomic mass is 10.0. The summed E-state index contributed by atoms with van der Waals surface area (Å²) >= 11 is 0. The molecule has 1 unspecified atom stereocenters. The summed E-state index contributed by atoms with van der Waals surface area (Å²) in [4.78, 5) is 14.7. The van der Waals surface area contributed by atoms with Crippen LogP contribution in [0.3, 0.4) is 0 Å². The Labute approximate surface area is 135 Å². The van der Waals surface area contributed by atoms with Gasteiger partial charge in [0.1, 0.15) is 11.6 Å². The lowest BCUT2D eigenvalue weighted by Crippen LogP contribution is -2.36. The molecule has 23 heavy (non-hydrogen) atoms. The van der Waals surface area contributed by atoms with Crippen LogP contribution in [-0.2, 0) is 6.42 Å². The average Bonchev–Trinajstić information content (AvgIpc) is 3.04. The first-order chi connectivity index (χ1) is 11.2. The van der Waals surface area contributed by atoms with Crippen LogP contribution in [0.1, 0.15) is 28.8 Å². The van der Waals surface area contributed by atoms with Gasteiger partial charge in [0.25, 0.3) is 5.91 Å². The molecule has 0 spiro atoms. The van der Waals surface area contributed by atoms with E-state index in [4.69, 9.17) is 4.74 Å². The fourth-order valence-electron chi connectivity index (χ4n) is 3.13. The van der Waals surface area contributed by atoms with Crippen molar-refractivity contribution in [1.29, 1.82) is 0 Å². The van der Waals surface area contributed by atoms with Crippen LogP contribution in [-0.4, -0.2) is 30.5 Å². The normalized spacial score (nSPS) is 17.3. The van der Waals surface area contributed by atoms with E-state index in [1.54, 1.807) is 25.3 Å². The number of benzene rings is 2. The lowest BCUT2D eigenvalue weighted by Gasteiger charge is -2.25. The Kier molecular flexibility index (Phi) is 4.60. The van der Waals surface area contributed by atoms with E-state index >= 15 is 0 Å². The van der Waals surface area contributed by atoms with Gasteiger partial charge in [-0.05, 0) is 55.2 Å². The van der Waals surface area contributed by atoms with Crippen LogP contribution in [0.5, 0.6) is 5.75 Å². The van der Waals surface area contributed by atoms with Gasteiger partial charge in [0.2, 0.25) is 0 Å². The highest BCUT2D eigenvalue weighted by Crippen LogP contribution is 2.24. The van der Waals surface area contributed by atoms with E-state index in [9.17, 15) is 9.18 Å². The molecule has 0 saturated carbocycles. The number of halogens is 1. The fourth-order valence-corrected chi connectivity index (χ4v) is 3.13. The number of likely N-dealkylation sites (tertiary alicyclic amines) is 1. The number of methoxy groups -OCH3 is 1. The molecule has 0 aromatic heterocycles. The average molecular weight is 313 g/mol. The molecule has 0 N–H and O–H groups in total. The third-order valence-corrected chi connectivity index (χ3v) is 4.34. The number of hydrogen-bond acceptors (Lipinski definition) is 2. The second kappa shape index (κ2) is 6.82. The number of nitrogens with zero attached hydrogens (tertiary/aromatic N) is 1. The van der Waals surface area contributed by atoms with Crippen LogP contribution in [0.4, 0.5) is 4.39 Å². The molecule has 1 fully saturated rings. The molecule has 4 heteroatoms. The molecule has 3 nitrogen and oxygen atoms in total. The quantitative estimate of drug-likeness (QED) is 0.862. The summed E-state index contributed by atoms with van der Waals surface area (Å²) in [5.41, 5.74) is 1.71. The highest BCUT2D eigenvalue weighted by atomic mass is 19.1. The van der Waals surface area contributed by atoms with E-state index in [1.165, 1.54) is 12.1 Å². The minimum Gasteiger partial charge on any atom is -0.497 e. The van der Waals surface area contributed by atoms with Crippen LogP contribution < -0.4 is 4.74 Å². The Balaban J connectivity index is 1.75. The molecule has 1 saturated heterocycles. The highest BCUT2D eigenvalue weighted by Gasteiger charge is 2.29. The molecular weight excluding hydrogens is 293 g/mol. The van der Waals surface area contributed by atoms with Crippen molar-refractivity contribution in [2.45, 2.75) is 25.3 Å². The molecule has 0 radical (unpaired) electrons. The van der Waals surface area contributed by atoms with Crippen molar-refractivity contribution in [1.82, 2.24) is 4.90 Å². The van der Waals surface area contributed by atoms with Gasteiger partial charge in [-0.2, -0.15) is 0 Å². The van der Waals surface area contributed by atoms with Crippen LogP contribution in [0.15, 0.2) is 48.5 Å². The van der Waals surface area contributed by atoms with Gasteiger partial charge < -0.3 is 9.64 Å². The maximum Gasteiger partial charge on any atom is 0.254 e. The monoisotopic (exact) mass is 313 g/mol. The summed E-state index contributed by atoms with van der Waals surface area (Å²) < 4.78 is 18.2. The zero-order chi connectivity index (χ0) is 16.2. The van der Waals surface area contributed by atoms with Crippen molar-refractivity contribution < 1.29 is 13.9 Å². The molecular formula is C19H20FNO2. The number of hydrogen-bond donors (Lipinski definition) is 0. The second-order valence-electron chi connectivity index (χ2n) is 5.86. The first kappa shape index (κ1) is 15.5. The Bertz CT molecular complexity index is 684. The summed E-state index contributed by atoms with van der Waals surface area (Å²) in [6, 6.07) is 13.9. The Morgan fingerprint density at radius 1 is 1.26 bits per heavy atom. The van der Waals surface area contributed by atoms with Crippen molar-refractivity contribution in [3.05, 3.63) is 65.5 Å². The fraction of sp³-hybridized carbons (Fsp3) is 0.316. The van der Waals surface area contributed by atoms with Crippen LogP contribution in [0.2, 0.25) is 0 Å². The number of ether oxygens (including phenoxy) is 1. The molecule has 2 aromatic rings. The van der Waals surface area contributed by atoms with Crippen molar-refractivity contribution in [3.8, 4) is 5.75 Å². The molecule has 1 heterocycles. The third-order valence-electron chi connectivity index (χ3n) is 4.34. The minimum absolute atomic E-state index is 0.0357. The van der Waals surface area contributed by atoms with E-state index in [0.717, 1.165) is 31.4 Å². The van der Waals surface area contributed by atoms with E-state index in [1.807, 2.05) is 23.1 Å². The van der Waals surface area contributed by atoms with Gasteiger partial charge >= 0.3 is 0 Å². The van der Waals surface area contributed by atoms with Gasteiger partial charge in [0.05, 0.1) is 7.11 Å². The zero-order valence-electron chi connectivity index (χ0n) is 13.2. The van der Waals surface area contributed by atoms with Gasteiger partial charge in [-0.25, -0.2) is 4.39 Å². The topological polar surface area (TPSA) is 29.5 Å². The maximum absolute atomic E-state index is 13.0. The highest BCUT2D eigenvalue weighted by molar-refractivity contribution is 5.95. The van der Waals surface area contributed by atoms with E-state index in [0.29, 0.717) is 11.3 Å². The zero-order valence-corrected chi connectivity index (χ0v) is 13.2. The largest absolute Gasteiger partial charge is 0.497 e. The van der Waals surface area contributed by atoms with Crippen molar-refractivity contribution >= 4 is 5.91 Å². The summed E-state index contributed by atoms with van der Waals surface area (Å²) in [6.45, 7) is 0.766. The smallest absolute Gasteiger partial charge is 0.254 e. The number of amides is 1. The summed E-state index contributed by atoms with van der Waals surface area (Å²) in [6.07, 6.45) is 2.74. The Morgan fingerprint density at radius 2 is 2.04 bits per heavy atom. The molecule has 1 amide bonds. The molecule has 1 atom stereocenters. The molecule has 0 bridgehead atoms. The molecule has 1 aliphatic heterocycles.